The summed E-state index contributed by atoms with van der Waals surface area (Å²) in [5, 5.41) is 12.0. The molecule has 0 heterocycles. The molecule has 0 aliphatic heterocycles. The summed E-state index contributed by atoms with van der Waals surface area (Å²) in [5.74, 6) is -0.176. The second-order valence-corrected chi connectivity index (χ2v) is 4.93. The van der Waals surface area contributed by atoms with Gasteiger partial charge in [-0.05, 0) is 52.2 Å². The van der Waals surface area contributed by atoms with Crippen molar-refractivity contribution in [3.05, 3.63) is 63.9 Å². The van der Waals surface area contributed by atoms with E-state index in [0.29, 0.717) is 24.1 Å². The predicted octanol–water partition coefficient (Wildman–Crippen LogP) is 4.11. The molecule has 0 fully saturated rings. The van der Waals surface area contributed by atoms with Gasteiger partial charge in [-0.1, -0.05) is 18.2 Å². The Labute approximate surface area is 120 Å². The molecule has 2 nitrogen and oxygen atoms in total. The molecule has 1 N–H and O–H groups in total. The summed E-state index contributed by atoms with van der Waals surface area (Å²) >= 11 is 3.33. The van der Waals surface area contributed by atoms with Crippen LogP contribution in [0, 0.1) is 17.1 Å². The van der Waals surface area contributed by atoms with Crippen LogP contribution in [0.3, 0.4) is 0 Å². The van der Waals surface area contributed by atoms with Crippen LogP contribution in [0.5, 0.6) is 0 Å². The van der Waals surface area contributed by atoms with E-state index >= 15 is 0 Å². The summed E-state index contributed by atoms with van der Waals surface area (Å²) in [5.41, 5.74) is 2.20. The van der Waals surface area contributed by atoms with E-state index < -0.39 is 0 Å². The van der Waals surface area contributed by atoms with Crippen LogP contribution < -0.4 is 5.32 Å². The van der Waals surface area contributed by atoms with E-state index in [1.54, 1.807) is 18.2 Å². The summed E-state index contributed by atoms with van der Waals surface area (Å²) < 4.78 is 14.2. The molecule has 0 aromatic heterocycles. The van der Waals surface area contributed by atoms with Crippen molar-refractivity contribution in [2.75, 3.05) is 11.9 Å². The molecule has 0 aliphatic rings. The van der Waals surface area contributed by atoms with E-state index in [-0.39, 0.29) is 5.82 Å². The van der Waals surface area contributed by atoms with E-state index in [0.717, 1.165) is 10.2 Å². The third-order valence-electron chi connectivity index (χ3n) is 2.77. The van der Waals surface area contributed by atoms with Crippen molar-refractivity contribution in [1.82, 2.24) is 0 Å². The quantitative estimate of drug-likeness (QED) is 0.920. The average molecular weight is 319 g/mol. The number of anilines is 1. The molecule has 2 aromatic rings. The highest BCUT2D eigenvalue weighted by Crippen LogP contribution is 2.20. The van der Waals surface area contributed by atoms with Gasteiger partial charge in [0.2, 0.25) is 0 Å². The lowest BCUT2D eigenvalue weighted by molar-refractivity contribution is 0.610. The first-order valence-electron chi connectivity index (χ1n) is 5.87. The third kappa shape index (κ3) is 3.55. The molecule has 0 aliphatic carbocycles. The maximum atomic E-state index is 13.4. The molecule has 4 heteroatoms. The number of nitrogens with zero attached hydrogens (tertiary/aromatic N) is 1. The first-order valence-corrected chi connectivity index (χ1v) is 6.67. The minimum absolute atomic E-state index is 0.176. The monoisotopic (exact) mass is 318 g/mol. The second kappa shape index (κ2) is 6.35. The molecule has 0 unspecified atom stereocenters. The fourth-order valence-electron chi connectivity index (χ4n) is 1.76. The zero-order valence-corrected chi connectivity index (χ0v) is 11.7. The highest BCUT2D eigenvalue weighted by molar-refractivity contribution is 9.10. The Kier molecular flexibility index (Phi) is 4.53. The van der Waals surface area contributed by atoms with Gasteiger partial charge in [0.1, 0.15) is 11.9 Å². The Morgan fingerprint density at radius 1 is 1.21 bits per heavy atom. The largest absolute Gasteiger partial charge is 0.385 e. The maximum Gasteiger partial charge on any atom is 0.126 e. The Hall–Kier alpha value is -1.86. The Morgan fingerprint density at radius 2 is 2.00 bits per heavy atom. The summed E-state index contributed by atoms with van der Waals surface area (Å²) in [6.45, 7) is 0.638. The van der Waals surface area contributed by atoms with Crippen LogP contribution in [0.1, 0.15) is 11.1 Å². The van der Waals surface area contributed by atoms with Gasteiger partial charge in [-0.15, -0.1) is 0 Å². The molecule has 96 valence electrons. The number of halogens is 2. The fraction of sp³-hybridized carbons (Fsp3) is 0.133. The second-order valence-electron chi connectivity index (χ2n) is 4.07. The number of nitrogens with one attached hydrogen (secondary N) is 1. The predicted molar refractivity (Wildman–Crippen MR) is 77.5 cm³/mol. The minimum atomic E-state index is -0.176. The van der Waals surface area contributed by atoms with Crippen molar-refractivity contribution < 1.29 is 4.39 Å². The molecule has 0 spiro atoms. The van der Waals surface area contributed by atoms with Crippen LogP contribution in [0.15, 0.2) is 46.9 Å². The zero-order chi connectivity index (χ0) is 13.7. The first-order chi connectivity index (χ1) is 9.20. The summed E-state index contributed by atoms with van der Waals surface area (Å²) in [6.07, 6.45) is 0.615. The van der Waals surface area contributed by atoms with Crippen LogP contribution in [-0.4, -0.2) is 6.54 Å². The zero-order valence-electron chi connectivity index (χ0n) is 10.2. The van der Waals surface area contributed by atoms with Crippen molar-refractivity contribution in [1.29, 1.82) is 5.26 Å². The highest BCUT2D eigenvalue weighted by Gasteiger charge is 2.02. The molecule has 2 rings (SSSR count). The van der Waals surface area contributed by atoms with Crippen molar-refractivity contribution in [3.63, 3.8) is 0 Å². The summed E-state index contributed by atoms with van der Waals surface area (Å²) in [7, 11) is 0. The first kappa shape index (κ1) is 13.6. The number of hydrogen-bond donors (Lipinski definition) is 1. The average Bonchev–Trinajstić information content (AvgIpc) is 2.41. The molecule has 2 aromatic carbocycles. The normalized spacial score (nSPS) is 9.95. The molecule has 0 saturated heterocycles. The van der Waals surface area contributed by atoms with Crippen LogP contribution in [0.25, 0.3) is 0 Å². The topological polar surface area (TPSA) is 35.8 Å². The maximum absolute atomic E-state index is 13.4. The van der Waals surface area contributed by atoms with Crippen LogP contribution in [0.2, 0.25) is 0 Å². The third-order valence-corrected chi connectivity index (χ3v) is 3.43. The van der Waals surface area contributed by atoms with Gasteiger partial charge in [0.25, 0.3) is 0 Å². The number of hydrogen-bond acceptors (Lipinski definition) is 2. The lowest BCUT2D eigenvalue weighted by atomic mass is 10.1. The minimum Gasteiger partial charge on any atom is -0.385 e. The van der Waals surface area contributed by atoms with Crippen molar-refractivity contribution in [2.45, 2.75) is 6.42 Å². The lowest BCUT2D eigenvalue weighted by Crippen LogP contribution is -2.06. The van der Waals surface area contributed by atoms with Crippen LogP contribution in [0.4, 0.5) is 10.1 Å². The number of nitriles is 1. The molecule has 0 saturated carbocycles. The van der Waals surface area contributed by atoms with Gasteiger partial charge >= 0.3 is 0 Å². The SMILES string of the molecule is N#Cc1ccc(NCCc2ccccc2F)cc1Br. The van der Waals surface area contributed by atoms with Gasteiger partial charge in [-0.2, -0.15) is 5.26 Å². The molecular formula is C15H12BrFN2. The van der Waals surface area contributed by atoms with E-state index in [4.69, 9.17) is 5.26 Å². The van der Waals surface area contributed by atoms with Gasteiger partial charge in [-0.25, -0.2) is 4.39 Å². The van der Waals surface area contributed by atoms with Gasteiger partial charge in [0, 0.05) is 16.7 Å². The standard InChI is InChI=1S/C15H12BrFN2/c16-14-9-13(6-5-12(14)10-18)19-8-7-11-3-1-2-4-15(11)17/h1-6,9,19H,7-8H2. The van der Waals surface area contributed by atoms with Crippen molar-refractivity contribution in [2.24, 2.45) is 0 Å². The van der Waals surface area contributed by atoms with Crippen LogP contribution in [-0.2, 0) is 6.42 Å². The molecule has 0 atom stereocenters. The van der Waals surface area contributed by atoms with Crippen molar-refractivity contribution >= 4 is 21.6 Å². The van der Waals surface area contributed by atoms with Gasteiger partial charge in [0.15, 0.2) is 0 Å². The Morgan fingerprint density at radius 3 is 2.68 bits per heavy atom. The molecule has 19 heavy (non-hydrogen) atoms. The highest BCUT2D eigenvalue weighted by atomic mass is 79.9. The van der Waals surface area contributed by atoms with Gasteiger partial charge in [-0.3, -0.25) is 0 Å². The Balaban J connectivity index is 1.95. The smallest absolute Gasteiger partial charge is 0.126 e. The number of benzene rings is 2. The molecular weight excluding hydrogens is 307 g/mol. The van der Waals surface area contributed by atoms with E-state index in [2.05, 4.69) is 27.3 Å². The van der Waals surface area contributed by atoms with E-state index in [1.807, 2.05) is 18.2 Å². The van der Waals surface area contributed by atoms with E-state index in [9.17, 15) is 4.39 Å². The summed E-state index contributed by atoms with van der Waals surface area (Å²) in [4.78, 5) is 0. The fourth-order valence-corrected chi connectivity index (χ4v) is 2.23. The Bertz CT molecular complexity index is 620. The number of rotatable bonds is 4. The van der Waals surface area contributed by atoms with Gasteiger partial charge < -0.3 is 5.32 Å². The lowest BCUT2D eigenvalue weighted by Gasteiger charge is -2.08. The van der Waals surface area contributed by atoms with E-state index in [1.165, 1.54) is 6.07 Å². The molecule has 0 amide bonds. The van der Waals surface area contributed by atoms with Crippen LogP contribution >= 0.6 is 15.9 Å². The molecule has 0 bridgehead atoms. The van der Waals surface area contributed by atoms with Crippen molar-refractivity contribution in [3.8, 4) is 6.07 Å². The molecule has 0 radical (unpaired) electrons. The van der Waals surface area contributed by atoms with Gasteiger partial charge in [0.05, 0.1) is 5.56 Å². The summed E-state index contributed by atoms with van der Waals surface area (Å²) in [6, 6.07) is 14.3.